The number of quaternary nitrogens is 1. The van der Waals surface area contributed by atoms with Crippen LogP contribution in [-0.4, -0.2) is 40.0 Å². The normalized spacial score (nSPS) is 20.6. The summed E-state index contributed by atoms with van der Waals surface area (Å²) in [5.41, 5.74) is 0. The first-order valence-electron chi connectivity index (χ1n) is 8.85. The number of hydrogen-bond donors (Lipinski definition) is 1. The molecular weight excluding hydrogens is 356 g/mol. The molecule has 0 bridgehead atoms. The molecule has 0 radical (unpaired) electrons. The summed E-state index contributed by atoms with van der Waals surface area (Å²) in [4.78, 5) is 14.4. The summed E-state index contributed by atoms with van der Waals surface area (Å²) in [5, 5.41) is 6.83. The first-order chi connectivity index (χ1) is 12.1. The average molecular weight is 382 g/mol. The minimum atomic E-state index is -0.0478. The van der Waals surface area contributed by atoms with Gasteiger partial charge in [0.25, 0.3) is 0 Å². The van der Waals surface area contributed by atoms with E-state index in [1.807, 2.05) is 17.7 Å². The molecular formula is C17H25N4O2S2+. The van der Waals surface area contributed by atoms with E-state index in [0.29, 0.717) is 6.61 Å². The molecule has 1 saturated heterocycles. The van der Waals surface area contributed by atoms with E-state index in [0.717, 1.165) is 54.6 Å². The summed E-state index contributed by atoms with van der Waals surface area (Å²) < 4.78 is 9.94. The Morgan fingerprint density at radius 3 is 2.80 bits per heavy atom. The fourth-order valence-corrected chi connectivity index (χ4v) is 4.35. The van der Waals surface area contributed by atoms with Gasteiger partial charge >= 0.3 is 5.97 Å². The maximum absolute atomic E-state index is 11.9. The molecule has 6 nitrogen and oxygen atoms in total. The summed E-state index contributed by atoms with van der Waals surface area (Å²) in [6, 6.07) is 4.11. The smallest absolute Gasteiger partial charge is 0.309 e. The number of likely N-dealkylation sites (tertiary alicyclic amines) is 1. The van der Waals surface area contributed by atoms with Crippen LogP contribution in [0.4, 0.5) is 0 Å². The van der Waals surface area contributed by atoms with Crippen LogP contribution in [-0.2, 0) is 22.7 Å². The molecule has 1 fully saturated rings. The SMILES string of the molecule is CCOC(=O)C1CC[NH+](Cn2nc(-c3cccs3)n(CC)c2=S)CC1. The van der Waals surface area contributed by atoms with Gasteiger partial charge in [0.15, 0.2) is 12.5 Å². The monoisotopic (exact) mass is 381 g/mol. The van der Waals surface area contributed by atoms with Crippen molar-refractivity contribution >= 4 is 29.5 Å². The first-order valence-corrected chi connectivity index (χ1v) is 10.1. The molecule has 1 aliphatic rings. The Bertz CT molecular complexity index is 758. The second-order valence-electron chi connectivity index (χ2n) is 6.26. The van der Waals surface area contributed by atoms with Crippen molar-refractivity contribution in [2.75, 3.05) is 19.7 Å². The number of carbonyl (C=O) groups is 1. The zero-order valence-corrected chi connectivity index (χ0v) is 16.4. The maximum Gasteiger partial charge on any atom is 0.309 e. The number of hydrogen-bond acceptors (Lipinski definition) is 5. The molecule has 0 atom stereocenters. The number of nitrogens with one attached hydrogen (secondary N) is 1. The van der Waals surface area contributed by atoms with Crippen molar-refractivity contribution in [1.82, 2.24) is 14.3 Å². The fraction of sp³-hybridized carbons (Fsp3) is 0.588. The van der Waals surface area contributed by atoms with Crippen LogP contribution in [0.3, 0.4) is 0 Å². The van der Waals surface area contributed by atoms with Gasteiger partial charge in [0.1, 0.15) is 0 Å². The first kappa shape index (κ1) is 18.3. The third-order valence-corrected chi connectivity index (χ3v) is 5.96. The molecule has 0 aromatic carbocycles. The number of thiophene rings is 1. The largest absolute Gasteiger partial charge is 0.466 e. The molecule has 3 heterocycles. The van der Waals surface area contributed by atoms with Gasteiger partial charge in [-0.3, -0.25) is 9.36 Å². The van der Waals surface area contributed by atoms with Gasteiger partial charge in [0.05, 0.1) is 30.5 Å². The molecule has 136 valence electrons. The van der Waals surface area contributed by atoms with Crippen LogP contribution in [0.5, 0.6) is 0 Å². The summed E-state index contributed by atoms with van der Waals surface area (Å²) in [6.45, 7) is 7.86. The van der Waals surface area contributed by atoms with Crippen LogP contribution >= 0.6 is 23.6 Å². The predicted octanol–water partition coefficient (Wildman–Crippen LogP) is 1.98. The van der Waals surface area contributed by atoms with Crippen molar-refractivity contribution in [3.05, 3.63) is 22.3 Å². The van der Waals surface area contributed by atoms with Crippen molar-refractivity contribution in [3.63, 3.8) is 0 Å². The molecule has 0 amide bonds. The van der Waals surface area contributed by atoms with Gasteiger partial charge in [-0.1, -0.05) is 6.07 Å². The molecule has 0 saturated carbocycles. The zero-order chi connectivity index (χ0) is 17.8. The average Bonchev–Trinajstić information content (AvgIpc) is 3.24. The number of rotatable bonds is 6. The Morgan fingerprint density at radius 2 is 2.20 bits per heavy atom. The van der Waals surface area contributed by atoms with Gasteiger partial charge in [0, 0.05) is 19.4 Å². The number of aromatic nitrogens is 3. The highest BCUT2D eigenvalue weighted by atomic mass is 32.1. The third kappa shape index (κ3) is 4.02. The van der Waals surface area contributed by atoms with Crippen molar-refractivity contribution in [2.24, 2.45) is 5.92 Å². The van der Waals surface area contributed by atoms with Crippen molar-refractivity contribution in [1.29, 1.82) is 0 Å². The Morgan fingerprint density at radius 1 is 1.44 bits per heavy atom. The Balaban J connectivity index is 1.68. The van der Waals surface area contributed by atoms with Gasteiger partial charge in [0.2, 0.25) is 4.77 Å². The van der Waals surface area contributed by atoms with E-state index in [9.17, 15) is 4.79 Å². The maximum atomic E-state index is 11.9. The molecule has 2 aromatic rings. The molecule has 8 heteroatoms. The number of carbonyl (C=O) groups excluding carboxylic acids is 1. The number of ether oxygens (including phenoxy) is 1. The minimum absolute atomic E-state index is 0.0477. The number of esters is 1. The Hall–Kier alpha value is -1.51. The van der Waals surface area contributed by atoms with Crippen molar-refractivity contribution < 1.29 is 14.4 Å². The highest BCUT2D eigenvalue weighted by Crippen LogP contribution is 2.23. The summed E-state index contributed by atoms with van der Waals surface area (Å²) in [5.74, 6) is 0.947. The quantitative estimate of drug-likeness (QED) is 0.614. The molecule has 1 aliphatic heterocycles. The fourth-order valence-electron chi connectivity index (χ4n) is 3.31. The van der Waals surface area contributed by atoms with Gasteiger partial charge in [-0.05, 0) is 37.5 Å². The lowest BCUT2D eigenvalue weighted by atomic mass is 9.97. The lowest BCUT2D eigenvalue weighted by Crippen LogP contribution is -3.12. The summed E-state index contributed by atoms with van der Waals surface area (Å²) >= 11 is 7.31. The van der Waals surface area contributed by atoms with Crippen molar-refractivity contribution in [2.45, 2.75) is 39.9 Å². The molecule has 0 spiro atoms. The van der Waals surface area contributed by atoms with Crippen LogP contribution in [0.25, 0.3) is 10.7 Å². The summed E-state index contributed by atoms with van der Waals surface area (Å²) in [6.07, 6.45) is 1.74. The van der Waals surface area contributed by atoms with E-state index in [-0.39, 0.29) is 11.9 Å². The lowest BCUT2D eigenvalue weighted by Gasteiger charge is -2.27. The predicted molar refractivity (Wildman–Crippen MR) is 100 cm³/mol. The van der Waals surface area contributed by atoms with E-state index in [2.05, 4.69) is 22.9 Å². The van der Waals surface area contributed by atoms with Crippen LogP contribution in [0.1, 0.15) is 26.7 Å². The van der Waals surface area contributed by atoms with Crippen LogP contribution < -0.4 is 4.90 Å². The van der Waals surface area contributed by atoms with Crippen LogP contribution in [0.15, 0.2) is 17.5 Å². The minimum Gasteiger partial charge on any atom is -0.466 e. The lowest BCUT2D eigenvalue weighted by molar-refractivity contribution is -0.929. The van der Waals surface area contributed by atoms with Crippen LogP contribution in [0.2, 0.25) is 0 Å². The zero-order valence-electron chi connectivity index (χ0n) is 14.7. The van der Waals surface area contributed by atoms with E-state index >= 15 is 0 Å². The van der Waals surface area contributed by atoms with Crippen LogP contribution in [0, 0.1) is 10.7 Å². The second kappa shape index (κ2) is 8.25. The van der Waals surface area contributed by atoms with Gasteiger partial charge in [-0.15, -0.1) is 16.4 Å². The Labute approximate surface area is 157 Å². The van der Waals surface area contributed by atoms with Gasteiger partial charge < -0.3 is 9.64 Å². The second-order valence-corrected chi connectivity index (χ2v) is 7.57. The Kier molecular flexibility index (Phi) is 6.03. The molecule has 25 heavy (non-hydrogen) atoms. The summed E-state index contributed by atoms with van der Waals surface area (Å²) in [7, 11) is 0. The van der Waals surface area contributed by atoms with E-state index in [4.69, 9.17) is 22.1 Å². The topological polar surface area (TPSA) is 53.5 Å². The molecule has 0 aliphatic carbocycles. The number of nitrogens with zero attached hydrogens (tertiary/aromatic N) is 3. The van der Waals surface area contributed by atoms with Gasteiger partial charge in [-0.2, -0.15) is 4.68 Å². The number of piperidine rings is 1. The van der Waals surface area contributed by atoms with Gasteiger partial charge in [-0.25, -0.2) is 0 Å². The van der Waals surface area contributed by atoms with E-state index in [1.54, 1.807) is 11.3 Å². The standard InChI is InChI=1S/C17H24N4O2S2/c1-3-20-15(14-6-5-11-25-14)18-21(17(20)24)12-19-9-7-13(8-10-19)16(22)23-4-2/h5-6,11,13H,3-4,7-10,12H2,1-2H3/p+1. The molecule has 2 aromatic heterocycles. The highest BCUT2D eigenvalue weighted by molar-refractivity contribution is 7.71. The third-order valence-electron chi connectivity index (χ3n) is 4.67. The molecule has 3 rings (SSSR count). The van der Waals surface area contributed by atoms with Crippen molar-refractivity contribution in [3.8, 4) is 10.7 Å². The molecule has 1 N–H and O–H groups in total. The highest BCUT2D eigenvalue weighted by Gasteiger charge is 2.29. The van der Waals surface area contributed by atoms with E-state index < -0.39 is 0 Å². The molecule has 0 unspecified atom stereocenters. The van der Waals surface area contributed by atoms with E-state index in [1.165, 1.54) is 4.90 Å².